The molecule has 2 heterocycles. The number of likely N-dealkylation sites (tertiary alicyclic amines) is 1. The van der Waals surface area contributed by atoms with Crippen LogP contribution in [-0.4, -0.2) is 41.3 Å². The Morgan fingerprint density at radius 1 is 1.33 bits per heavy atom. The maximum absolute atomic E-state index is 12.3. The molecule has 0 radical (unpaired) electrons. The van der Waals surface area contributed by atoms with Crippen LogP contribution < -0.4 is 11.1 Å². The van der Waals surface area contributed by atoms with E-state index in [1.54, 1.807) is 6.07 Å². The molecule has 1 aromatic heterocycles. The average Bonchev–Trinajstić information content (AvgIpc) is 3.15. The highest BCUT2D eigenvalue weighted by atomic mass is 35.5. The van der Waals surface area contributed by atoms with Crippen LogP contribution in [0.25, 0.3) is 0 Å². The molecule has 7 heteroatoms. The summed E-state index contributed by atoms with van der Waals surface area (Å²) in [6, 6.07) is 11.2. The fourth-order valence-electron chi connectivity index (χ4n) is 3.40. The van der Waals surface area contributed by atoms with Crippen LogP contribution >= 0.6 is 11.6 Å². The number of hydrogen-bond acceptors (Lipinski definition) is 4. The van der Waals surface area contributed by atoms with Gasteiger partial charge >= 0.3 is 0 Å². The maximum Gasteiger partial charge on any atom is 0.267 e. The smallest absolute Gasteiger partial charge is 0.267 e. The molecule has 1 saturated heterocycles. The van der Waals surface area contributed by atoms with Crippen LogP contribution in [-0.2, 0) is 0 Å². The standard InChI is InChI=1S/C20H23ClN4O2/c1-13(16-4-2-3-5-17(16)21)25-9-8-14(12-25)10-24-20(27)15-6-7-18(19(22)26)23-11-15/h2-7,11,13-14H,8-10,12H2,1H3,(H2,22,26)(H,24,27). The number of carbonyl (C=O) groups excluding carboxylic acids is 2. The predicted molar refractivity (Wildman–Crippen MR) is 105 cm³/mol. The Balaban J connectivity index is 1.52. The van der Waals surface area contributed by atoms with E-state index >= 15 is 0 Å². The molecular formula is C20H23ClN4O2. The van der Waals surface area contributed by atoms with Gasteiger partial charge in [0.05, 0.1) is 5.56 Å². The molecule has 6 nitrogen and oxygen atoms in total. The Kier molecular flexibility index (Phi) is 6.08. The van der Waals surface area contributed by atoms with E-state index in [1.165, 1.54) is 12.3 Å². The van der Waals surface area contributed by atoms with Crippen molar-refractivity contribution in [3.63, 3.8) is 0 Å². The third-order valence-corrected chi connectivity index (χ3v) is 5.39. The lowest BCUT2D eigenvalue weighted by Gasteiger charge is -2.25. The first-order chi connectivity index (χ1) is 13.0. The van der Waals surface area contributed by atoms with Crippen LogP contribution in [0.4, 0.5) is 0 Å². The number of nitrogens with one attached hydrogen (secondary N) is 1. The van der Waals surface area contributed by atoms with Crippen molar-refractivity contribution >= 4 is 23.4 Å². The van der Waals surface area contributed by atoms with Crippen LogP contribution in [0.15, 0.2) is 42.6 Å². The first kappa shape index (κ1) is 19.3. The van der Waals surface area contributed by atoms with Gasteiger partial charge in [-0.25, -0.2) is 0 Å². The number of aromatic nitrogens is 1. The summed E-state index contributed by atoms with van der Waals surface area (Å²) >= 11 is 6.32. The third kappa shape index (κ3) is 4.64. The number of nitrogens with two attached hydrogens (primary N) is 1. The molecule has 2 atom stereocenters. The Morgan fingerprint density at radius 2 is 2.11 bits per heavy atom. The van der Waals surface area contributed by atoms with Gasteiger partial charge in [-0.3, -0.25) is 19.5 Å². The van der Waals surface area contributed by atoms with E-state index in [9.17, 15) is 9.59 Å². The van der Waals surface area contributed by atoms with Gasteiger partial charge in [0.25, 0.3) is 11.8 Å². The maximum atomic E-state index is 12.3. The van der Waals surface area contributed by atoms with Gasteiger partial charge in [-0.2, -0.15) is 0 Å². The molecule has 3 rings (SSSR count). The molecule has 2 aromatic rings. The number of carbonyl (C=O) groups is 2. The molecular weight excluding hydrogens is 364 g/mol. The van der Waals surface area contributed by atoms with Gasteiger partial charge in [0.15, 0.2) is 0 Å². The van der Waals surface area contributed by atoms with Crippen molar-refractivity contribution < 1.29 is 9.59 Å². The molecule has 0 spiro atoms. The van der Waals surface area contributed by atoms with Crippen molar-refractivity contribution in [1.29, 1.82) is 0 Å². The minimum atomic E-state index is -0.611. The fourth-order valence-corrected chi connectivity index (χ4v) is 3.70. The molecule has 1 fully saturated rings. The Labute approximate surface area is 163 Å². The summed E-state index contributed by atoms with van der Waals surface area (Å²) in [7, 11) is 0. The summed E-state index contributed by atoms with van der Waals surface area (Å²) in [5, 5.41) is 3.74. The first-order valence-corrected chi connectivity index (χ1v) is 9.36. The zero-order chi connectivity index (χ0) is 19.4. The highest BCUT2D eigenvalue weighted by molar-refractivity contribution is 6.31. The summed E-state index contributed by atoms with van der Waals surface area (Å²) in [6.45, 7) is 4.64. The summed E-state index contributed by atoms with van der Waals surface area (Å²) in [4.78, 5) is 29.6. The van der Waals surface area contributed by atoms with Crippen molar-refractivity contribution in [2.75, 3.05) is 19.6 Å². The molecule has 1 aromatic carbocycles. The topological polar surface area (TPSA) is 88.3 Å². The van der Waals surface area contributed by atoms with Gasteiger partial charge < -0.3 is 11.1 Å². The van der Waals surface area contributed by atoms with Crippen LogP contribution in [0.1, 0.15) is 45.8 Å². The normalized spacial score (nSPS) is 18.2. The van der Waals surface area contributed by atoms with E-state index in [0.717, 1.165) is 30.1 Å². The lowest BCUT2D eigenvalue weighted by atomic mass is 10.1. The zero-order valence-corrected chi connectivity index (χ0v) is 15.9. The second-order valence-electron chi connectivity index (χ2n) is 6.85. The van der Waals surface area contributed by atoms with Crippen molar-refractivity contribution in [2.24, 2.45) is 11.7 Å². The summed E-state index contributed by atoms with van der Waals surface area (Å²) in [5.41, 5.74) is 6.85. The number of nitrogens with zero attached hydrogens (tertiary/aromatic N) is 2. The van der Waals surface area contributed by atoms with Gasteiger partial charge in [-0.1, -0.05) is 29.8 Å². The number of benzene rings is 1. The molecule has 2 unspecified atom stereocenters. The quantitative estimate of drug-likeness (QED) is 0.798. The van der Waals surface area contributed by atoms with Crippen molar-refractivity contribution in [3.05, 3.63) is 64.4 Å². The number of amides is 2. The number of rotatable bonds is 6. The molecule has 27 heavy (non-hydrogen) atoms. The highest BCUT2D eigenvalue weighted by Gasteiger charge is 2.27. The van der Waals surface area contributed by atoms with Gasteiger partial charge in [0, 0.05) is 30.4 Å². The molecule has 0 saturated carbocycles. The molecule has 142 valence electrons. The van der Waals surface area contributed by atoms with Gasteiger partial charge in [-0.15, -0.1) is 0 Å². The zero-order valence-electron chi connectivity index (χ0n) is 15.2. The van der Waals surface area contributed by atoms with E-state index in [4.69, 9.17) is 17.3 Å². The molecule has 0 bridgehead atoms. The summed E-state index contributed by atoms with van der Waals surface area (Å²) in [6.07, 6.45) is 2.39. The Bertz CT molecular complexity index is 825. The molecule has 1 aliphatic heterocycles. The van der Waals surface area contributed by atoms with Gasteiger partial charge in [0.1, 0.15) is 5.69 Å². The van der Waals surface area contributed by atoms with Crippen molar-refractivity contribution in [2.45, 2.75) is 19.4 Å². The minimum Gasteiger partial charge on any atom is -0.364 e. The Hall–Kier alpha value is -2.44. The summed E-state index contributed by atoms with van der Waals surface area (Å²) in [5.74, 6) is -0.423. The summed E-state index contributed by atoms with van der Waals surface area (Å²) < 4.78 is 0. The molecule has 2 amide bonds. The second-order valence-corrected chi connectivity index (χ2v) is 7.26. The Morgan fingerprint density at radius 3 is 2.78 bits per heavy atom. The molecule has 3 N–H and O–H groups in total. The average molecular weight is 387 g/mol. The number of halogens is 1. The highest BCUT2D eigenvalue weighted by Crippen LogP contribution is 2.31. The monoisotopic (exact) mass is 386 g/mol. The van der Waals surface area contributed by atoms with E-state index < -0.39 is 5.91 Å². The van der Waals surface area contributed by atoms with E-state index in [0.29, 0.717) is 18.0 Å². The predicted octanol–water partition coefficient (Wildman–Crippen LogP) is 2.65. The largest absolute Gasteiger partial charge is 0.364 e. The van der Waals surface area contributed by atoms with Crippen LogP contribution in [0, 0.1) is 5.92 Å². The van der Waals surface area contributed by atoms with E-state index in [1.807, 2.05) is 18.2 Å². The van der Waals surface area contributed by atoms with Crippen LogP contribution in [0.3, 0.4) is 0 Å². The lowest BCUT2D eigenvalue weighted by molar-refractivity contribution is 0.0943. The molecule has 0 aliphatic carbocycles. The minimum absolute atomic E-state index is 0.145. The first-order valence-electron chi connectivity index (χ1n) is 8.98. The number of hydrogen-bond donors (Lipinski definition) is 2. The van der Waals surface area contributed by atoms with Gasteiger partial charge in [-0.05, 0) is 49.6 Å². The second kappa shape index (κ2) is 8.50. The van der Waals surface area contributed by atoms with Gasteiger partial charge in [0.2, 0.25) is 0 Å². The lowest BCUT2D eigenvalue weighted by Crippen LogP contribution is -2.31. The van der Waals surface area contributed by atoms with E-state index in [2.05, 4.69) is 28.2 Å². The van der Waals surface area contributed by atoms with Crippen LogP contribution in [0.5, 0.6) is 0 Å². The molecule has 1 aliphatic rings. The number of pyridine rings is 1. The van der Waals surface area contributed by atoms with E-state index in [-0.39, 0.29) is 17.6 Å². The SMILES string of the molecule is CC(c1ccccc1Cl)N1CCC(CNC(=O)c2ccc(C(N)=O)nc2)C1. The van der Waals surface area contributed by atoms with Crippen molar-refractivity contribution in [1.82, 2.24) is 15.2 Å². The third-order valence-electron chi connectivity index (χ3n) is 5.05. The van der Waals surface area contributed by atoms with Crippen molar-refractivity contribution in [3.8, 4) is 0 Å². The number of primary amides is 1. The fraction of sp³-hybridized carbons (Fsp3) is 0.350. The van der Waals surface area contributed by atoms with Crippen LogP contribution in [0.2, 0.25) is 5.02 Å².